The Hall–Kier alpha value is -2.11. The van der Waals surface area contributed by atoms with Crippen LogP contribution in [-0.2, 0) is 4.79 Å². The molecule has 2 N–H and O–H groups in total. The molecule has 0 aromatic carbocycles. The van der Waals surface area contributed by atoms with E-state index in [2.05, 4.69) is 10.3 Å². The van der Waals surface area contributed by atoms with Gasteiger partial charge in [-0.1, -0.05) is 36.7 Å². The van der Waals surface area contributed by atoms with E-state index in [1.807, 2.05) is 27.3 Å². The van der Waals surface area contributed by atoms with E-state index in [9.17, 15) is 14.4 Å². The van der Waals surface area contributed by atoms with E-state index in [1.54, 1.807) is 6.20 Å². The first-order valence-corrected chi connectivity index (χ1v) is 13.4. The van der Waals surface area contributed by atoms with Crippen molar-refractivity contribution in [3.05, 3.63) is 28.6 Å². The maximum absolute atomic E-state index is 13.4. The molecular weight excluding hydrogens is 468 g/mol. The average Bonchev–Trinajstić information content (AvgIpc) is 3.55. The molecule has 2 aromatic rings. The van der Waals surface area contributed by atoms with E-state index in [-0.39, 0.29) is 29.8 Å². The number of amides is 3. The largest absolute Gasteiger partial charge is 0.481 e. The zero-order valence-electron chi connectivity index (χ0n) is 17.6. The number of carboxylic acid groups (broad SMARTS) is 1. The number of thiophene rings is 1. The van der Waals surface area contributed by atoms with Crippen molar-refractivity contribution < 1.29 is 19.5 Å². The summed E-state index contributed by atoms with van der Waals surface area (Å²) in [6.07, 6.45) is 7.70. The van der Waals surface area contributed by atoms with Crippen LogP contribution in [0.3, 0.4) is 0 Å². The number of rotatable bonds is 7. The lowest BCUT2D eigenvalue weighted by atomic mass is 9.93. The molecule has 1 saturated heterocycles. The number of thioether (sulfide) groups is 1. The van der Waals surface area contributed by atoms with Gasteiger partial charge in [0.25, 0.3) is 5.91 Å². The van der Waals surface area contributed by atoms with Crippen molar-refractivity contribution in [2.75, 3.05) is 24.2 Å². The van der Waals surface area contributed by atoms with Crippen LogP contribution in [0.15, 0.2) is 27.9 Å². The van der Waals surface area contributed by atoms with E-state index in [4.69, 9.17) is 5.11 Å². The Labute approximate surface area is 199 Å². The van der Waals surface area contributed by atoms with Crippen LogP contribution in [0.1, 0.15) is 48.2 Å². The fourth-order valence-electron chi connectivity index (χ4n) is 4.37. The van der Waals surface area contributed by atoms with Gasteiger partial charge in [-0.3, -0.25) is 14.9 Å². The maximum atomic E-state index is 13.4. The molecule has 1 aliphatic carbocycles. The standard InChI is InChI=1S/C21H26N4O4S3/c26-17(27)13-31-18-11-22-20(32-18)23-21(29)25(14-5-2-1-3-6-14)15-8-9-24(12-15)19(28)16-7-4-10-30-16/h4,7,10-11,14-15H,1-3,5-6,8-9,12-13H2,(H,26,27)(H,22,23,29)/t15-/m0/s1. The Balaban J connectivity index is 1.44. The summed E-state index contributed by atoms with van der Waals surface area (Å²) in [4.78, 5) is 45.7. The predicted molar refractivity (Wildman–Crippen MR) is 127 cm³/mol. The van der Waals surface area contributed by atoms with Crippen LogP contribution in [0.5, 0.6) is 0 Å². The molecule has 32 heavy (non-hydrogen) atoms. The van der Waals surface area contributed by atoms with Gasteiger partial charge in [0.2, 0.25) is 0 Å². The van der Waals surface area contributed by atoms with Crippen LogP contribution >= 0.6 is 34.4 Å². The molecule has 0 unspecified atom stereocenters. The second kappa shape index (κ2) is 10.7. The molecule has 2 aliphatic rings. The van der Waals surface area contributed by atoms with E-state index in [0.29, 0.717) is 18.2 Å². The quantitative estimate of drug-likeness (QED) is 0.551. The van der Waals surface area contributed by atoms with Gasteiger partial charge >= 0.3 is 12.0 Å². The molecule has 11 heteroatoms. The maximum Gasteiger partial charge on any atom is 0.324 e. The monoisotopic (exact) mass is 494 g/mol. The van der Waals surface area contributed by atoms with Gasteiger partial charge in [-0.15, -0.1) is 23.1 Å². The highest BCUT2D eigenvalue weighted by atomic mass is 32.2. The number of hydrogen-bond acceptors (Lipinski definition) is 7. The van der Waals surface area contributed by atoms with Crippen LogP contribution < -0.4 is 5.32 Å². The highest BCUT2D eigenvalue weighted by Gasteiger charge is 2.37. The third kappa shape index (κ3) is 5.62. The molecule has 1 saturated carbocycles. The molecule has 8 nitrogen and oxygen atoms in total. The molecule has 0 bridgehead atoms. The van der Waals surface area contributed by atoms with Crippen LogP contribution in [0.4, 0.5) is 9.93 Å². The minimum absolute atomic E-state index is 0.0252. The number of aliphatic carboxylic acids is 1. The van der Waals surface area contributed by atoms with Gasteiger partial charge in [0.1, 0.15) is 0 Å². The summed E-state index contributed by atoms with van der Waals surface area (Å²) in [5.74, 6) is -0.896. The van der Waals surface area contributed by atoms with Crippen molar-refractivity contribution >= 4 is 57.5 Å². The summed E-state index contributed by atoms with van der Waals surface area (Å²) in [5, 5.41) is 14.1. The van der Waals surface area contributed by atoms with Gasteiger partial charge < -0.3 is 14.9 Å². The number of nitrogens with one attached hydrogen (secondary N) is 1. The molecule has 1 atom stereocenters. The highest BCUT2D eigenvalue weighted by molar-refractivity contribution is 8.01. The van der Waals surface area contributed by atoms with Gasteiger partial charge in [0.05, 0.1) is 27.1 Å². The van der Waals surface area contributed by atoms with Crippen molar-refractivity contribution in [1.82, 2.24) is 14.8 Å². The average molecular weight is 495 g/mol. The Kier molecular flexibility index (Phi) is 7.69. The number of likely N-dealkylation sites (tertiary alicyclic amines) is 1. The van der Waals surface area contributed by atoms with E-state index in [0.717, 1.165) is 41.2 Å². The lowest BCUT2D eigenvalue weighted by Crippen LogP contribution is -2.51. The first-order chi connectivity index (χ1) is 15.5. The van der Waals surface area contributed by atoms with Crippen LogP contribution in [0, 0.1) is 0 Å². The van der Waals surface area contributed by atoms with Crippen molar-refractivity contribution in [1.29, 1.82) is 0 Å². The van der Waals surface area contributed by atoms with E-state index < -0.39 is 5.97 Å². The first-order valence-electron chi connectivity index (χ1n) is 10.7. The number of carbonyl (C=O) groups excluding carboxylic acids is 2. The fourth-order valence-corrected chi connectivity index (χ4v) is 6.64. The lowest BCUT2D eigenvalue weighted by Gasteiger charge is -2.38. The Bertz CT molecular complexity index is 943. The Morgan fingerprint density at radius 2 is 2.03 bits per heavy atom. The molecule has 4 rings (SSSR count). The molecule has 3 heterocycles. The Morgan fingerprint density at radius 1 is 1.22 bits per heavy atom. The highest BCUT2D eigenvalue weighted by Crippen LogP contribution is 2.31. The summed E-state index contributed by atoms with van der Waals surface area (Å²) in [7, 11) is 0. The van der Waals surface area contributed by atoms with E-state index in [1.165, 1.54) is 40.9 Å². The first kappa shape index (κ1) is 23.1. The molecule has 1 aliphatic heterocycles. The zero-order valence-corrected chi connectivity index (χ0v) is 20.0. The number of hydrogen-bond donors (Lipinski definition) is 2. The summed E-state index contributed by atoms with van der Waals surface area (Å²) in [6.45, 7) is 1.18. The number of carboxylic acids is 1. The zero-order chi connectivity index (χ0) is 22.5. The number of anilines is 1. The minimum Gasteiger partial charge on any atom is -0.481 e. The van der Waals surface area contributed by atoms with E-state index >= 15 is 0 Å². The molecular formula is C21H26N4O4S3. The molecule has 172 valence electrons. The second-order valence-corrected chi connectivity index (χ2v) is 11.2. The van der Waals surface area contributed by atoms with Gasteiger partial charge in [0, 0.05) is 19.1 Å². The number of thiazole rings is 1. The number of nitrogens with zero attached hydrogens (tertiary/aromatic N) is 3. The number of urea groups is 1. The van der Waals surface area contributed by atoms with Crippen LogP contribution in [0.2, 0.25) is 0 Å². The normalized spacial score (nSPS) is 19.1. The smallest absolute Gasteiger partial charge is 0.324 e. The fraction of sp³-hybridized carbons (Fsp3) is 0.524. The van der Waals surface area contributed by atoms with Crippen LogP contribution in [0.25, 0.3) is 0 Å². The Morgan fingerprint density at radius 3 is 2.75 bits per heavy atom. The topological polar surface area (TPSA) is 103 Å². The second-order valence-electron chi connectivity index (χ2n) is 7.97. The SMILES string of the molecule is O=C(O)CSc1cnc(NC(=O)N(C2CCCCC2)[C@H]2CCN(C(=O)c3cccs3)C2)s1. The van der Waals surface area contributed by atoms with Crippen molar-refractivity contribution in [2.45, 2.75) is 54.8 Å². The van der Waals surface area contributed by atoms with Gasteiger partial charge in [-0.05, 0) is 30.7 Å². The van der Waals surface area contributed by atoms with Crippen molar-refractivity contribution in [3.8, 4) is 0 Å². The molecule has 3 amide bonds. The molecule has 2 aromatic heterocycles. The summed E-state index contributed by atoms with van der Waals surface area (Å²) < 4.78 is 0.750. The predicted octanol–water partition coefficient (Wildman–Crippen LogP) is 4.46. The number of aromatic nitrogens is 1. The summed E-state index contributed by atoms with van der Waals surface area (Å²) in [6, 6.07) is 3.67. The molecule has 0 radical (unpaired) electrons. The summed E-state index contributed by atoms with van der Waals surface area (Å²) in [5.41, 5.74) is 0. The van der Waals surface area contributed by atoms with Crippen molar-refractivity contribution in [2.24, 2.45) is 0 Å². The summed E-state index contributed by atoms with van der Waals surface area (Å²) >= 11 is 3.91. The lowest BCUT2D eigenvalue weighted by molar-refractivity contribution is -0.133. The third-order valence-electron chi connectivity index (χ3n) is 5.81. The van der Waals surface area contributed by atoms with Crippen molar-refractivity contribution in [3.63, 3.8) is 0 Å². The minimum atomic E-state index is -0.889. The van der Waals surface area contributed by atoms with Gasteiger partial charge in [0.15, 0.2) is 5.13 Å². The molecule has 0 spiro atoms. The van der Waals surface area contributed by atoms with Gasteiger partial charge in [-0.2, -0.15) is 0 Å². The van der Waals surface area contributed by atoms with Gasteiger partial charge in [-0.25, -0.2) is 9.78 Å². The number of carbonyl (C=O) groups is 3. The third-order valence-corrected chi connectivity index (χ3v) is 8.76. The van der Waals surface area contributed by atoms with Crippen LogP contribution in [-0.4, -0.2) is 68.7 Å². The molecule has 2 fully saturated rings.